The molecule has 2 aliphatic heterocycles. The van der Waals surface area contributed by atoms with Crippen molar-refractivity contribution in [2.24, 2.45) is 0 Å². The molecule has 6 heteroatoms. The van der Waals surface area contributed by atoms with Crippen LogP contribution >= 0.6 is 0 Å². The topological polar surface area (TPSA) is 53.1 Å². The van der Waals surface area contributed by atoms with Gasteiger partial charge in [0.1, 0.15) is 0 Å². The summed E-state index contributed by atoms with van der Waals surface area (Å²) >= 11 is 0. The van der Waals surface area contributed by atoms with E-state index < -0.39 is 0 Å². The lowest BCUT2D eigenvalue weighted by Crippen LogP contribution is -2.57. The third kappa shape index (κ3) is 4.85. The summed E-state index contributed by atoms with van der Waals surface area (Å²) in [5.74, 6) is 0.172. The zero-order valence-electron chi connectivity index (χ0n) is 17.4. The fraction of sp³-hybridized carbons (Fsp3) is 0.636. The van der Waals surface area contributed by atoms with E-state index in [0.717, 1.165) is 43.4 Å². The maximum Gasteiger partial charge on any atom is 0.319 e. The van der Waals surface area contributed by atoms with Gasteiger partial charge in [0.15, 0.2) is 0 Å². The number of piperidine rings is 1. The minimum atomic E-state index is 0.0305. The molecule has 0 spiro atoms. The Morgan fingerprint density at radius 1 is 1.11 bits per heavy atom. The zero-order valence-corrected chi connectivity index (χ0v) is 17.4. The molecule has 0 N–H and O–H groups in total. The number of rotatable bonds is 4. The molecule has 1 atom stereocenters. The molecular formula is C22H33N3O3. The number of aryl methyl sites for hydroxylation is 1. The van der Waals surface area contributed by atoms with E-state index in [9.17, 15) is 9.59 Å². The summed E-state index contributed by atoms with van der Waals surface area (Å²) in [6.45, 7) is 4.84. The van der Waals surface area contributed by atoms with Crippen molar-refractivity contribution in [3.8, 4) is 0 Å². The van der Waals surface area contributed by atoms with Crippen molar-refractivity contribution < 1.29 is 14.3 Å². The maximum atomic E-state index is 13.4. The SMILES string of the molecule is Cc1ccccc1CC(=O)N(C1CCOCC1)C1CCCN(C(=O)N(C)C)C1. The Morgan fingerprint density at radius 2 is 1.82 bits per heavy atom. The first-order valence-electron chi connectivity index (χ1n) is 10.4. The van der Waals surface area contributed by atoms with E-state index >= 15 is 0 Å². The monoisotopic (exact) mass is 387 g/mol. The highest BCUT2D eigenvalue weighted by atomic mass is 16.5. The molecule has 0 aliphatic carbocycles. The fourth-order valence-corrected chi connectivity index (χ4v) is 4.37. The molecule has 0 saturated carbocycles. The van der Waals surface area contributed by atoms with E-state index in [0.29, 0.717) is 26.2 Å². The molecular weight excluding hydrogens is 354 g/mol. The van der Waals surface area contributed by atoms with E-state index in [-0.39, 0.29) is 24.0 Å². The number of carbonyl (C=O) groups excluding carboxylic acids is 2. The first-order chi connectivity index (χ1) is 13.5. The first kappa shape index (κ1) is 20.6. The van der Waals surface area contributed by atoms with Gasteiger partial charge in [-0.05, 0) is 43.7 Å². The van der Waals surface area contributed by atoms with Gasteiger partial charge in [-0.3, -0.25) is 4.79 Å². The number of nitrogens with zero attached hydrogens (tertiary/aromatic N) is 3. The zero-order chi connectivity index (χ0) is 20.1. The van der Waals surface area contributed by atoms with Gasteiger partial charge in [-0.15, -0.1) is 0 Å². The van der Waals surface area contributed by atoms with Crippen molar-refractivity contribution in [1.29, 1.82) is 0 Å². The number of likely N-dealkylation sites (tertiary alicyclic amines) is 1. The van der Waals surface area contributed by atoms with Crippen LogP contribution < -0.4 is 0 Å². The van der Waals surface area contributed by atoms with E-state index in [1.165, 1.54) is 0 Å². The number of carbonyl (C=O) groups is 2. The first-order valence-corrected chi connectivity index (χ1v) is 10.4. The Hall–Kier alpha value is -2.08. The largest absolute Gasteiger partial charge is 0.381 e. The quantitative estimate of drug-likeness (QED) is 0.798. The second kappa shape index (κ2) is 9.41. The number of urea groups is 1. The van der Waals surface area contributed by atoms with Crippen LogP contribution in [0.4, 0.5) is 4.79 Å². The van der Waals surface area contributed by atoms with Crippen molar-refractivity contribution in [3.63, 3.8) is 0 Å². The lowest BCUT2D eigenvalue weighted by Gasteiger charge is -2.44. The fourth-order valence-electron chi connectivity index (χ4n) is 4.37. The van der Waals surface area contributed by atoms with Crippen LogP contribution in [0.2, 0.25) is 0 Å². The van der Waals surface area contributed by atoms with E-state index in [1.807, 2.05) is 23.1 Å². The Kier molecular flexibility index (Phi) is 6.94. The molecule has 28 heavy (non-hydrogen) atoms. The van der Waals surface area contributed by atoms with Crippen LogP contribution in [0.3, 0.4) is 0 Å². The van der Waals surface area contributed by atoms with Gasteiger partial charge in [-0.1, -0.05) is 24.3 Å². The summed E-state index contributed by atoms with van der Waals surface area (Å²) < 4.78 is 5.54. The Bertz CT molecular complexity index is 685. The standard InChI is InChI=1S/C22H33N3O3/c1-17-7-4-5-8-18(17)15-21(26)25(19-10-13-28-14-11-19)20-9-6-12-24(16-20)22(27)23(2)3/h4-5,7-8,19-20H,6,9-16H2,1-3H3. The molecule has 0 bridgehead atoms. The lowest BCUT2D eigenvalue weighted by molar-refractivity contribution is -0.139. The number of amides is 3. The van der Waals surface area contributed by atoms with Crippen LogP contribution in [-0.2, 0) is 16.0 Å². The molecule has 6 nitrogen and oxygen atoms in total. The van der Waals surface area contributed by atoms with Gasteiger partial charge < -0.3 is 19.4 Å². The van der Waals surface area contributed by atoms with Gasteiger partial charge in [0.05, 0.1) is 6.42 Å². The minimum absolute atomic E-state index is 0.0305. The molecule has 0 radical (unpaired) electrons. The maximum absolute atomic E-state index is 13.4. The summed E-state index contributed by atoms with van der Waals surface area (Å²) in [6, 6.07) is 8.40. The summed E-state index contributed by atoms with van der Waals surface area (Å²) in [5, 5.41) is 0. The van der Waals surface area contributed by atoms with Crippen molar-refractivity contribution in [2.75, 3.05) is 40.4 Å². The second-order valence-corrected chi connectivity index (χ2v) is 8.17. The van der Waals surface area contributed by atoms with Crippen LogP contribution in [0.1, 0.15) is 36.8 Å². The van der Waals surface area contributed by atoms with Crippen molar-refractivity contribution in [2.45, 2.75) is 51.1 Å². The second-order valence-electron chi connectivity index (χ2n) is 8.17. The number of ether oxygens (including phenoxy) is 1. The predicted molar refractivity (Wildman–Crippen MR) is 109 cm³/mol. The average Bonchev–Trinajstić information content (AvgIpc) is 2.70. The van der Waals surface area contributed by atoms with Crippen LogP contribution in [0.5, 0.6) is 0 Å². The van der Waals surface area contributed by atoms with Gasteiger partial charge in [0.2, 0.25) is 5.91 Å². The Balaban J connectivity index is 1.79. The van der Waals surface area contributed by atoms with E-state index in [1.54, 1.807) is 19.0 Å². The molecule has 1 unspecified atom stereocenters. The number of hydrogen-bond donors (Lipinski definition) is 0. The number of benzene rings is 1. The molecule has 2 heterocycles. The molecule has 1 aromatic rings. The van der Waals surface area contributed by atoms with Crippen LogP contribution in [0.15, 0.2) is 24.3 Å². The van der Waals surface area contributed by atoms with Gasteiger partial charge in [0, 0.05) is 52.5 Å². The highest BCUT2D eigenvalue weighted by molar-refractivity contribution is 5.80. The average molecular weight is 388 g/mol. The summed E-state index contributed by atoms with van der Waals surface area (Å²) in [6.07, 6.45) is 4.05. The van der Waals surface area contributed by atoms with Crippen LogP contribution in [0.25, 0.3) is 0 Å². The van der Waals surface area contributed by atoms with Gasteiger partial charge in [-0.2, -0.15) is 0 Å². The normalized spacial score (nSPS) is 20.7. The smallest absolute Gasteiger partial charge is 0.319 e. The summed E-state index contributed by atoms with van der Waals surface area (Å²) in [7, 11) is 3.57. The highest BCUT2D eigenvalue weighted by Crippen LogP contribution is 2.25. The van der Waals surface area contributed by atoms with Crippen LogP contribution in [-0.4, -0.2) is 79.1 Å². The molecule has 1 aromatic carbocycles. The third-order valence-electron chi connectivity index (χ3n) is 5.92. The summed E-state index contributed by atoms with van der Waals surface area (Å²) in [4.78, 5) is 31.5. The Labute approximate surface area is 168 Å². The van der Waals surface area contributed by atoms with E-state index in [4.69, 9.17) is 4.74 Å². The number of hydrogen-bond acceptors (Lipinski definition) is 3. The molecule has 154 valence electrons. The minimum Gasteiger partial charge on any atom is -0.381 e. The molecule has 2 aliphatic rings. The third-order valence-corrected chi connectivity index (χ3v) is 5.92. The van der Waals surface area contributed by atoms with Gasteiger partial charge in [0.25, 0.3) is 0 Å². The van der Waals surface area contributed by atoms with E-state index in [2.05, 4.69) is 17.9 Å². The van der Waals surface area contributed by atoms with Gasteiger partial charge in [-0.25, -0.2) is 4.79 Å². The molecule has 3 rings (SSSR count). The molecule has 3 amide bonds. The van der Waals surface area contributed by atoms with Crippen molar-refractivity contribution in [1.82, 2.24) is 14.7 Å². The summed E-state index contributed by atoms with van der Waals surface area (Å²) in [5.41, 5.74) is 2.23. The highest BCUT2D eigenvalue weighted by Gasteiger charge is 2.35. The lowest BCUT2D eigenvalue weighted by atomic mass is 9.96. The predicted octanol–water partition coefficient (Wildman–Crippen LogP) is 2.69. The van der Waals surface area contributed by atoms with Gasteiger partial charge >= 0.3 is 6.03 Å². The molecule has 2 fully saturated rings. The van der Waals surface area contributed by atoms with Crippen molar-refractivity contribution >= 4 is 11.9 Å². The van der Waals surface area contributed by atoms with Crippen molar-refractivity contribution in [3.05, 3.63) is 35.4 Å². The Morgan fingerprint density at radius 3 is 2.50 bits per heavy atom. The van der Waals surface area contributed by atoms with Crippen LogP contribution in [0, 0.1) is 6.92 Å². The molecule has 0 aromatic heterocycles. The molecule has 2 saturated heterocycles.